The monoisotopic (exact) mass is 222 g/mol. The van der Waals surface area contributed by atoms with E-state index in [0.717, 1.165) is 4.88 Å². The van der Waals surface area contributed by atoms with Crippen LogP contribution in [0.3, 0.4) is 0 Å². The minimum Gasteiger partial charge on any atom is -0.478 e. The molecule has 0 saturated carbocycles. The quantitative estimate of drug-likeness (QED) is 0.838. The second-order valence-corrected chi connectivity index (χ2v) is 4.01. The van der Waals surface area contributed by atoms with Gasteiger partial charge in [-0.05, 0) is 17.9 Å². The molecule has 4 nitrogen and oxygen atoms in total. The Morgan fingerprint density at radius 3 is 3.00 bits per heavy atom. The maximum Gasteiger partial charge on any atom is 0.339 e. The van der Waals surface area contributed by atoms with E-state index in [-0.39, 0.29) is 0 Å². The van der Waals surface area contributed by atoms with Crippen molar-refractivity contribution in [2.24, 2.45) is 0 Å². The molecule has 0 spiro atoms. The van der Waals surface area contributed by atoms with Crippen molar-refractivity contribution in [3.05, 3.63) is 28.8 Å². The molecule has 2 N–H and O–H groups in total. The standard InChI is InChI=1S/C10H10N2O2S/c1-2-6-8(10(13)14)9(12-11-6)7-4-3-5-15-7/h3-5H,2H2,1H3,(H,11,12)(H,13,14). The van der Waals surface area contributed by atoms with Gasteiger partial charge in [-0.3, -0.25) is 5.10 Å². The van der Waals surface area contributed by atoms with Gasteiger partial charge in [-0.2, -0.15) is 5.10 Å². The smallest absolute Gasteiger partial charge is 0.339 e. The number of nitrogens with zero attached hydrogens (tertiary/aromatic N) is 1. The highest BCUT2D eigenvalue weighted by molar-refractivity contribution is 7.13. The number of thiophene rings is 1. The molecule has 78 valence electrons. The number of carbonyl (C=O) groups is 1. The molecule has 2 heterocycles. The van der Waals surface area contributed by atoms with Crippen molar-refractivity contribution in [2.75, 3.05) is 0 Å². The molecule has 0 unspecified atom stereocenters. The molecular formula is C10H10N2O2S. The van der Waals surface area contributed by atoms with E-state index in [1.165, 1.54) is 11.3 Å². The lowest BCUT2D eigenvalue weighted by Gasteiger charge is -1.96. The highest BCUT2D eigenvalue weighted by atomic mass is 32.1. The van der Waals surface area contributed by atoms with Crippen molar-refractivity contribution >= 4 is 17.3 Å². The van der Waals surface area contributed by atoms with Crippen molar-refractivity contribution in [1.82, 2.24) is 10.2 Å². The molecule has 2 aromatic rings. The van der Waals surface area contributed by atoms with Gasteiger partial charge in [0.15, 0.2) is 0 Å². The fourth-order valence-electron chi connectivity index (χ4n) is 1.46. The number of rotatable bonds is 3. The van der Waals surface area contributed by atoms with Gasteiger partial charge in [-0.1, -0.05) is 13.0 Å². The Morgan fingerprint density at radius 1 is 1.67 bits per heavy atom. The Morgan fingerprint density at radius 2 is 2.47 bits per heavy atom. The first-order valence-corrected chi connectivity index (χ1v) is 5.46. The van der Waals surface area contributed by atoms with Crippen LogP contribution in [-0.4, -0.2) is 21.3 Å². The Balaban J connectivity index is 2.58. The molecule has 0 atom stereocenters. The lowest BCUT2D eigenvalue weighted by atomic mass is 10.1. The van der Waals surface area contributed by atoms with Gasteiger partial charge in [-0.15, -0.1) is 11.3 Å². The molecule has 0 radical (unpaired) electrons. The summed E-state index contributed by atoms with van der Waals surface area (Å²) in [5.74, 6) is -0.927. The number of nitrogens with one attached hydrogen (secondary N) is 1. The fourth-order valence-corrected chi connectivity index (χ4v) is 2.18. The number of H-pyrrole nitrogens is 1. The zero-order valence-electron chi connectivity index (χ0n) is 8.15. The molecule has 0 aliphatic rings. The first-order chi connectivity index (χ1) is 7.24. The summed E-state index contributed by atoms with van der Waals surface area (Å²) < 4.78 is 0. The highest BCUT2D eigenvalue weighted by Gasteiger charge is 2.20. The third-order valence-corrected chi connectivity index (χ3v) is 3.04. The average molecular weight is 222 g/mol. The summed E-state index contributed by atoms with van der Waals surface area (Å²) in [6, 6.07) is 3.75. The van der Waals surface area contributed by atoms with Crippen molar-refractivity contribution < 1.29 is 9.90 Å². The molecule has 5 heteroatoms. The van der Waals surface area contributed by atoms with Crippen LogP contribution in [0.25, 0.3) is 10.6 Å². The zero-order chi connectivity index (χ0) is 10.8. The van der Waals surface area contributed by atoms with Crippen LogP contribution in [0.1, 0.15) is 23.0 Å². The molecule has 15 heavy (non-hydrogen) atoms. The fraction of sp³-hybridized carbons (Fsp3) is 0.200. The van der Waals surface area contributed by atoms with E-state index >= 15 is 0 Å². The highest BCUT2D eigenvalue weighted by Crippen LogP contribution is 2.27. The van der Waals surface area contributed by atoms with Crippen LogP contribution < -0.4 is 0 Å². The summed E-state index contributed by atoms with van der Waals surface area (Å²) in [5, 5.41) is 17.8. The third-order valence-electron chi connectivity index (χ3n) is 2.16. The van der Waals surface area contributed by atoms with Crippen LogP contribution in [-0.2, 0) is 6.42 Å². The van der Waals surface area contributed by atoms with E-state index in [2.05, 4.69) is 10.2 Å². The molecule has 2 aromatic heterocycles. The number of aromatic nitrogens is 2. The van der Waals surface area contributed by atoms with Crippen molar-refractivity contribution in [3.8, 4) is 10.6 Å². The zero-order valence-corrected chi connectivity index (χ0v) is 8.97. The number of hydrogen-bond acceptors (Lipinski definition) is 3. The molecule has 0 aliphatic heterocycles. The second kappa shape index (κ2) is 3.86. The van der Waals surface area contributed by atoms with Crippen LogP contribution >= 0.6 is 11.3 Å². The maximum absolute atomic E-state index is 11.1. The first-order valence-electron chi connectivity index (χ1n) is 4.58. The summed E-state index contributed by atoms with van der Waals surface area (Å²) >= 11 is 1.49. The molecule has 0 amide bonds. The Kier molecular flexibility index (Phi) is 2.55. The Bertz CT molecular complexity index is 474. The normalized spacial score (nSPS) is 10.5. The summed E-state index contributed by atoms with van der Waals surface area (Å²) in [6.07, 6.45) is 0.639. The molecule has 2 rings (SSSR count). The molecular weight excluding hydrogens is 212 g/mol. The molecule has 0 aromatic carbocycles. The van der Waals surface area contributed by atoms with E-state index < -0.39 is 5.97 Å². The number of aromatic carboxylic acids is 1. The van der Waals surface area contributed by atoms with Crippen molar-refractivity contribution in [1.29, 1.82) is 0 Å². The van der Waals surface area contributed by atoms with E-state index in [9.17, 15) is 4.79 Å². The molecule has 0 saturated heterocycles. The second-order valence-electron chi connectivity index (χ2n) is 3.06. The number of carboxylic acids is 1. The third kappa shape index (κ3) is 1.66. The number of carboxylic acid groups (broad SMARTS) is 1. The van der Waals surface area contributed by atoms with E-state index in [1.54, 1.807) is 0 Å². The summed E-state index contributed by atoms with van der Waals surface area (Å²) in [5.41, 5.74) is 1.50. The topological polar surface area (TPSA) is 66.0 Å². The lowest BCUT2D eigenvalue weighted by molar-refractivity contribution is 0.0696. The van der Waals surface area contributed by atoms with Crippen LogP contribution in [0.4, 0.5) is 0 Å². The predicted octanol–water partition coefficient (Wildman–Crippen LogP) is 2.40. The number of hydrogen-bond donors (Lipinski definition) is 2. The number of aryl methyl sites for hydroxylation is 1. The summed E-state index contributed by atoms with van der Waals surface area (Å²) in [7, 11) is 0. The van der Waals surface area contributed by atoms with Gasteiger partial charge < -0.3 is 5.11 Å². The van der Waals surface area contributed by atoms with Crippen molar-refractivity contribution in [3.63, 3.8) is 0 Å². The van der Waals surface area contributed by atoms with Gasteiger partial charge in [-0.25, -0.2) is 4.79 Å². The van der Waals surface area contributed by atoms with Gasteiger partial charge in [0.25, 0.3) is 0 Å². The van der Waals surface area contributed by atoms with Gasteiger partial charge >= 0.3 is 5.97 Å². The number of aromatic amines is 1. The minimum atomic E-state index is -0.927. The van der Waals surface area contributed by atoms with Gasteiger partial charge in [0.05, 0.1) is 10.6 Å². The van der Waals surface area contributed by atoms with Gasteiger partial charge in [0.2, 0.25) is 0 Å². The van der Waals surface area contributed by atoms with E-state index in [0.29, 0.717) is 23.4 Å². The predicted molar refractivity (Wildman–Crippen MR) is 58.2 cm³/mol. The SMILES string of the molecule is CCc1[nH]nc(-c2cccs2)c1C(=O)O. The molecule has 0 bridgehead atoms. The minimum absolute atomic E-state index is 0.292. The van der Waals surface area contributed by atoms with E-state index in [4.69, 9.17) is 5.11 Å². The Hall–Kier alpha value is -1.62. The van der Waals surface area contributed by atoms with E-state index in [1.807, 2.05) is 24.4 Å². The van der Waals surface area contributed by atoms with Gasteiger partial charge in [0, 0.05) is 0 Å². The van der Waals surface area contributed by atoms with Crippen LogP contribution in [0.2, 0.25) is 0 Å². The van der Waals surface area contributed by atoms with Crippen LogP contribution in [0, 0.1) is 0 Å². The first kappa shape index (κ1) is 9.92. The Labute approximate surface area is 90.6 Å². The lowest BCUT2D eigenvalue weighted by Crippen LogP contribution is -2.00. The molecule has 0 aliphatic carbocycles. The van der Waals surface area contributed by atoms with Gasteiger partial charge in [0.1, 0.15) is 11.3 Å². The summed E-state index contributed by atoms with van der Waals surface area (Å²) in [4.78, 5) is 12.0. The summed E-state index contributed by atoms with van der Waals surface area (Å²) in [6.45, 7) is 1.90. The average Bonchev–Trinajstić information content (AvgIpc) is 2.85. The van der Waals surface area contributed by atoms with Crippen LogP contribution in [0.5, 0.6) is 0 Å². The largest absolute Gasteiger partial charge is 0.478 e. The van der Waals surface area contributed by atoms with Crippen LogP contribution in [0.15, 0.2) is 17.5 Å². The van der Waals surface area contributed by atoms with Crippen molar-refractivity contribution in [2.45, 2.75) is 13.3 Å². The maximum atomic E-state index is 11.1. The molecule has 0 fully saturated rings.